The fourth-order valence-electron chi connectivity index (χ4n) is 3.01. The number of carbonyl (C=O) groups excluding carboxylic acids is 1. The van der Waals surface area contributed by atoms with Crippen LogP contribution in [0.1, 0.15) is 18.1 Å². The van der Waals surface area contributed by atoms with E-state index in [4.69, 9.17) is 13.6 Å². The Morgan fingerprint density at radius 2 is 1.54 bits per heavy atom. The molecule has 0 aliphatic heterocycles. The fraction of sp³-hybridized carbons (Fsp3) is 0.130. The summed E-state index contributed by atoms with van der Waals surface area (Å²) in [5.74, 6) is 0.416. The minimum absolute atomic E-state index is 0.221. The first-order chi connectivity index (χ1) is 13.4. The molecule has 0 atom stereocenters. The van der Waals surface area contributed by atoms with Gasteiger partial charge in [-0.15, -0.1) is 0 Å². The second kappa shape index (κ2) is 6.85. The van der Waals surface area contributed by atoms with Crippen molar-refractivity contribution >= 4 is 16.9 Å². The van der Waals surface area contributed by atoms with Crippen molar-refractivity contribution in [2.45, 2.75) is 20.8 Å². The van der Waals surface area contributed by atoms with E-state index in [9.17, 15) is 9.59 Å². The number of para-hydroxylation sites is 1. The molecule has 2 aliphatic carbocycles. The molecule has 2 heterocycles. The van der Waals surface area contributed by atoms with Crippen molar-refractivity contribution in [1.82, 2.24) is 0 Å². The predicted molar refractivity (Wildman–Crippen MR) is 106 cm³/mol. The Morgan fingerprint density at radius 1 is 0.893 bits per heavy atom. The van der Waals surface area contributed by atoms with Crippen molar-refractivity contribution in [3.8, 4) is 28.4 Å². The van der Waals surface area contributed by atoms with E-state index in [1.807, 2.05) is 24.3 Å². The number of furan rings is 1. The number of rotatable bonds is 2. The molecule has 0 spiro atoms. The Kier molecular flexibility index (Phi) is 4.35. The van der Waals surface area contributed by atoms with Crippen LogP contribution in [0, 0.1) is 13.8 Å². The van der Waals surface area contributed by atoms with E-state index in [0.717, 1.165) is 5.39 Å². The summed E-state index contributed by atoms with van der Waals surface area (Å²) in [5.41, 5.74) is 3.79. The summed E-state index contributed by atoms with van der Waals surface area (Å²) >= 11 is 0. The number of esters is 1. The van der Waals surface area contributed by atoms with Gasteiger partial charge in [0.1, 0.15) is 11.3 Å². The SMILES string of the molecule is CC(=O)Oc1c(C)c(-c2cc3ccccc3o2)oc(=O)c1C.c1cc2ccc1-2. The Balaban J connectivity index is 0.000000268. The van der Waals surface area contributed by atoms with Crippen LogP contribution in [0.2, 0.25) is 0 Å². The minimum Gasteiger partial charge on any atom is -0.453 e. The van der Waals surface area contributed by atoms with Gasteiger partial charge in [0, 0.05) is 17.9 Å². The van der Waals surface area contributed by atoms with Crippen LogP contribution >= 0.6 is 0 Å². The molecule has 0 unspecified atom stereocenters. The van der Waals surface area contributed by atoms with Gasteiger partial charge < -0.3 is 13.6 Å². The summed E-state index contributed by atoms with van der Waals surface area (Å²) < 4.78 is 16.2. The number of hydrogen-bond acceptors (Lipinski definition) is 5. The molecule has 3 aromatic rings. The number of benzene rings is 2. The smallest absolute Gasteiger partial charge is 0.343 e. The van der Waals surface area contributed by atoms with Crippen LogP contribution in [0.25, 0.3) is 33.6 Å². The first-order valence-corrected chi connectivity index (χ1v) is 8.86. The topological polar surface area (TPSA) is 69.7 Å². The molecule has 0 amide bonds. The lowest BCUT2D eigenvalue weighted by Gasteiger charge is -2.10. The quantitative estimate of drug-likeness (QED) is 0.394. The Morgan fingerprint density at radius 3 is 2.07 bits per heavy atom. The summed E-state index contributed by atoms with van der Waals surface area (Å²) in [6, 6.07) is 17.7. The molecule has 2 aliphatic rings. The first kappa shape index (κ1) is 17.8. The van der Waals surface area contributed by atoms with Crippen molar-refractivity contribution < 1.29 is 18.4 Å². The Hall–Kier alpha value is -3.60. The lowest BCUT2D eigenvalue weighted by atomic mass is 9.95. The van der Waals surface area contributed by atoms with E-state index in [2.05, 4.69) is 24.3 Å². The maximum Gasteiger partial charge on any atom is 0.343 e. The molecule has 140 valence electrons. The summed E-state index contributed by atoms with van der Waals surface area (Å²) in [5, 5.41) is 0.897. The monoisotopic (exact) mass is 374 g/mol. The molecule has 0 bridgehead atoms. The van der Waals surface area contributed by atoms with Gasteiger partial charge in [0.15, 0.2) is 11.5 Å². The lowest BCUT2D eigenvalue weighted by Crippen LogP contribution is -2.12. The Labute approximate surface area is 161 Å². The van der Waals surface area contributed by atoms with Gasteiger partial charge in [-0.3, -0.25) is 4.79 Å². The zero-order chi connectivity index (χ0) is 19.8. The van der Waals surface area contributed by atoms with E-state index in [1.165, 1.54) is 18.1 Å². The Bertz CT molecular complexity index is 1190. The molecule has 2 aromatic heterocycles. The van der Waals surface area contributed by atoms with E-state index >= 15 is 0 Å². The summed E-state index contributed by atoms with van der Waals surface area (Å²) in [6.07, 6.45) is 0. The van der Waals surface area contributed by atoms with Crippen LogP contribution in [0.15, 0.2) is 68.2 Å². The highest BCUT2D eigenvalue weighted by atomic mass is 16.5. The second-order valence-electron chi connectivity index (χ2n) is 6.62. The highest BCUT2D eigenvalue weighted by Gasteiger charge is 2.20. The van der Waals surface area contributed by atoms with Gasteiger partial charge >= 0.3 is 11.6 Å². The molecule has 0 saturated carbocycles. The van der Waals surface area contributed by atoms with Crippen molar-refractivity contribution in [2.75, 3.05) is 0 Å². The third-order valence-electron chi connectivity index (χ3n) is 4.64. The van der Waals surface area contributed by atoms with Crippen LogP contribution in [-0.4, -0.2) is 5.97 Å². The maximum atomic E-state index is 12.0. The average Bonchev–Trinajstić information content (AvgIpc) is 3.09. The molecular formula is C23H18O5. The van der Waals surface area contributed by atoms with Crippen LogP contribution in [0.5, 0.6) is 5.75 Å². The highest BCUT2D eigenvalue weighted by Crippen LogP contribution is 2.34. The summed E-state index contributed by atoms with van der Waals surface area (Å²) in [6.45, 7) is 4.56. The lowest BCUT2D eigenvalue weighted by molar-refractivity contribution is -0.132. The molecule has 0 N–H and O–H groups in total. The summed E-state index contributed by atoms with van der Waals surface area (Å²) in [7, 11) is 0. The molecule has 5 rings (SSSR count). The molecule has 0 saturated heterocycles. The molecular weight excluding hydrogens is 356 g/mol. The third-order valence-corrected chi connectivity index (χ3v) is 4.64. The molecule has 28 heavy (non-hydrogen) atoms. The van der Waals surface area contributed by atoms with E-state index in [-0.39, 0.29) is 17.1 Å². The number of fused-ring (bicyclic) bond motifs is 2. The molecule has 1 aromatic carbocycles. The average molecular weight is 374 g/mol. The zero-order valence-corrected chi connectivity index (χ0v) is 15.7. The van der Waals surface area contributed by atoms with Gasteiger partial charge in [0.05, 0.1) is 5.56 Å². The van der Waals surface area contributed by atoms with Crippen molar-refractivity contribution in [2.24, 2.45) is 0 Å². The van der Waals surface area contributed by atoms with E-state index < -0.39 is 11.6 Å². The zero-order valence-electron chi connectivity index (χ0n) is 15.7. The van der Waals surface area contributed by atoms with E-state index in [1.54, 1.807) is 19.9 Å². The van der Waals surface area contributed by atoms with Gasteiger partial charge in [0.2, 0.25) is 0 Å². The van der Waals surface area contributed by atoms with Crippen molar-refractivity contribution in [3.05, 3.63) is 76.1 Å². The second-order valence-corrected chi connectivity index (χ2v) is 6.62. The van der Waals surface area contributed by atoms with Gasteiger partial charge in [-0.05, 0) is 37.1 Å². The molecule has 5 nitrogen and oxygen atoms in total. The number of ether oxygens (including phenoxy) is 1. The fourth-order valence-corrected chi connectivity index (χ4v) is 3.01. The summed E-state index contributed by atoms with van der Waals surface area (Å²) in [4.78, 5) is 23.2. The van der Waals surface area contributed by atoms with Gasteiger partial charge in [0.25, 0.3) is 0 Å². The van der Waals surface area contributed by atoms with Gasteiger partial charge in [-0.2, -0.15) is 0 Å². The standard InChI is InChI=1S/C17H14O5.C6H4/c1-9-15(20-11(3)18)10(2)17(19)22-16(9)14-8-12-6-4-5-7-13(12)21-14;1-2-6-4-3-5(1)6/h4-8H,1-3H3;1-4H. The highest BCUT2D eigenvalue weighted by molar-refractivity contribution is 5.82. The predicted octanol–water partition coefficient (Wildman–Crippen LogP) is 5.26. The first-order valence-electron chi connectivity index (χ1n) is 8.86. The molecule has 0 fully saturated rings. The van der Waals surface area contributed by atoms with Gasteiger partial charge in [-0.25, -0.2) is 4.79 Å². The molecule has 5 heteroatoms. The third kappa shape index (κ3) is 3.11. The van der Waals surface area contributed by atoms with Crippen LogP contribution < -0.4 is 10.4 Å². The minimum atomic E-state index is -0.558. The normalized spacial score (nSPS) is 11.0. The maximum absolute atomic E-state index is 12.0. The van der Waals surface area contributed by atoms with Crippen molar-refractivity contribution in [1.29, 1.82) is 0 Å². The van der Waals surface area contributed by atoms with Gasteiger partial charge in [-0.1, -0.05) is 42.5 Å². The van der Waals surface area contributed by atoms with Crippen molar-refractivity contribution in [3.63, 3.8) is 0 Å². The largest absolute Gasteiger partial charge is 0.453 e. The van der Waals surface area contributed by atoms with Crippen LogP contribution in [0.3, 0.4) is 0 Å². The molecule has 0 radical (unpaired) electrons. The number of hydrogen-bond donors (Lipinski definition) is 0. The van der Waals surface area contributed by atoms with Crippen LogP contribution in [0.4, 0.5) is 0 Å². The number of carbonyl (C=O) groups is 1. The van der Waals surface area contributed by atoms with E-state index in [0.29, 0.717) is 16.9 Å². The van der Waals surface area contributed by atoms with Crippen LogP contribution in [-0.2, 0) is 4.79 Å².